The Morgan fingerprint density at radius 3 is 1.32 bits per heavy atom. The highest BCUT2D eigenvalue weighted by Gasteiger charge is 2.32. The molecule has 13 nitrogen and oxygen atoms in total. The van der Waals surface area contributed by atoms with Crippen molar-refractivity contribution in [2.75, 3.05) is 119 Å². The predicted molar refractivity (Wildman–Crippen MR) is 171 cm³/mol. The molecule has 1 unspecified atom stereocenters. The van der Waals surface area contributed by atoms with Crippen LogP contribution in [-0.2, 0) is 52.2 Å². The van der Waals surface area contributed by atoms with Gasteiger partial charge < -0.3 is 53.5 Å². The smallest absolute Gasteiger partial charge is 0.322 e. The molecule has 0 aliphatic heterocycles. The molecule has 2 aromatic rings. The van der Waals surface area contributed by atoms with Gasteiger partial charge in [-0.05, 0) is 22.3 Å². The number of carbonyl (C=O) groups is 2. The lowest BCUT2D eigenvalue weighted by Crippen LogP contribution is -2.31. The van der Waals surface area contributed by atoms with E-state index in [1.54, 1.807) is 0 Å². The maximum atomic E-state index is 12.7. The van der Waals surface area contributed by atoms with Gasteiger partial charge in [0, 0.05) is 12.5 Å². The summed E-state index contributed by atoms with van der Waals surface area (Å²) in [6.07, 6.45) is 0. The fourth-order valence-electron chi connectivity index (χ4n) is 4.77. The number of ether oxygens (including phenoxy) is 9. The van der Waals surface area contributed by atoms with E-state index in [4.69, 9.17) is 48.4 Å². The van der Waals surface area contributed by atoms with Crippen LogP contribution in [0.15, 0.2) is 48.5 Å². The second-order valence-electron chi connectivity index (χ2n) is 10.4. The number of aliphatic carboxylic acids is 1. The van der Waals surface area contributed by atoms with Crippen molar-refractivity contribution in [3.8, 4) is 11.1 Å². The van der Waals surface area contributed by atoms with Crippen molar-refractivity contribution in [1.82, 2.24) is 0 Å². The molecule has 0 fully saturated rings. The van der Waals surface area contributed by atoms with E-state index < -0.39 is 17.9 Å². The van der Waals surface area contributed by atoms with E-state index in [2.05, 4.69) is 0 Å². The highest BCUT2D eigenvalue weighted by atomic mass is 16.6. The summed E-state index contributed by atoms with van der Waals surface area (Å²) >= 11 is 0. The Kier molecular flexibility index (Phi) is 19.8. The van der Waals surface area contributed by atoms with Gasteiger partial charge in [-0.1, -0.05) is 48.5 Å². The molecule has 0 spiro atoms. The highest BCUT2D eigenvalue weighted by molar-refractivity contribution is 5.94. The summed E-state index contributed by atoms with van der Waals surface area (Å²) in [4.78, 5) is 24.4. The standard InChI is InChI=1S/C34H49NO12/c35-9-10-39-11-12-40-13-14-41-15-16-42-17-18-43-19-20-44-21-22-45-23-24-46-25-32(33(36)37)34(38)47-26-31-29-7-3-1-5-27(29)28-6-2-4-8-30(28)31/h1-8,31-32H,9-26,35H2,(H,36,37). The SMILES string of the molecule is NCCOCCOCCOCCOCCOCCOCCOCCOCC(C(=O)O)C(=O)OCC1c2ccccc2-c2ccccc21. The lowest BCUT2D eigenvalue weighted by molar-refractivity contribution is -0.162. The molecule has 0 amide bonds. The van der Waals surface area contributed by atoms with Crippen LogP contribution in [0.2, 0.25) is 0 Å². The van der Waals surface area contributed by atoms with Gasteiger partial charge in [0.2, 0.25) is 0 Å². The predicted octanol–water partition coefficient (Wildman–Crippen LogP) is 2.13. The summed E-state index contributed by atoms with van der Waals surface area (Å²) in [7, 11) is 0. The number of carbonyl (C=O) groups excluding carboxylic acids is 1. The number of carboxylic acids is 1. The molecule has 0 saturated heterocycles. The number of fused-ring (bicyclic) bond motifs is 3. The first-order chi connectivity index (χ1) is 23.1. The Hall–Kier alpha value is -2.98. The molecule has 3 N–H and O–H groups in total. The van der Waals surface area contributed by atoms with Crippen LogP contribution in [0.3, 0.4) is 0 Å². The van der Waals surface area contributed by atoms with Crippen molar-refractivity contribution >= 4 is 11.9 Å². The average molecular weight is 664 g/mol. The van der Waals surface area contributed by atoms with Crippen LogP contribution in [0, 0.1) is 5.92 Å². The molecule has 0 heterocycles. The van der Waals surface area contributed by atoms with Gasteiger partial charge in [-0.2, -0.15) is 0 Å². The number of hydrogen-bond donors (Lipinski definition) is 2. The van der Waals surface area contributed by atoms with Crippen molar-refractivity contribution < 1.29 is 57.3 Å². The minimum atomic E-state index is -1.42. The Morgan fingerprint density at radius 2 is 0.936 bits per heavy atom. The average Bonchev–Trinajstić information content (AvgIpc) is 3.40. The summed E-state index contributed by atoms with van der Waals surface area (Å²) in [5.41, 5.74) is 9.64. The van der Waals surface area contributed by atoms with Crippen molar-refractivity contribution in [2.24, 2.45) is 11.7 Å². The van der Waals surface area contributed by atoms with Crippen LogP contribution in [0.1, 0.15) is 17.0 Å². The minimum Gasteiger partial charge on any atom is -0.481 e. The van der Waals surface area contributed by atoms with Crippen LogP contribution in [-0.4, -0.2) is 136 Å². The third-order valence-electron chi connectivity index (χ3n) is 7.09. The third kappa shape index (κ3) is 14.8. The second kappa shape index (κ2) is 24.2. The molecular formula is C34H49NO12. The Morgan fingerprint density at radius 1 is 0.574 bits per heavy atom. The second-order valence-corrected chi connectivity index (χ2v) is 10.4. The van der Waals surface area contributed by atoms with Crippen molar-refractivity contribution in [3.05, 3.63) is 59.7 Å². The zero-order valence-corrected chi connectivity index (χ0v) is 27.0. The number of nitrogens with two attached hydrogens (primary N) is 1. The number of carboxylic acid groups (broad SMARTS) is 1. The van der Waals surface area contributed by atoms with Gasteiger partial charge in [-0.25, -0.2) is 0 Å². The molecule has 1 aliphatic carbocycles. The summed E-state index contributed by atoms with van der Waals surface area (Å²) in [5.74, 6) is -3.69. The molecule has 47 heavy (non-hydrogen) atoms. The van der Waals surface area contributed by atoms with E-state index >= 15 is 0 Å². The van der Waals surface area contributed by atoms with Crippen LogP contribution < -0.4 is 5.73 Å². The van der Waals surface area contributed by atoms with E-state index in [-0.39, 0.29) is 32.3 Å². The number of benzene rings is 2. The lowest BCUT2D eigenvalue weighted by Gasteiger charge is -2.17. The lowest BCUT2D eigenvalue weighted by atomic mass is 9.98. The molecule has 0 aromatic heterocycles. The topological polar surface area (TPSA) is 163 Å². The van der Waals surface area contributed by atoms with Crippen LogP contribution in [0.5, 0.6) is 0 Å². The van der Waals surface area contributed by atoms with Gasteiger partial charge in [0.15, 0.2) is 5.92 Å². The molecule has 1 atom stereocenters. The summed E-state index contributed by atoms with van der Waals surface area (Å²) in [6.45, 7) is 6.67. The van der Waals surface area contributed by atoms with Crippen molar-refractivity contribution in [3.63, 3.8) is 0 Å². The third-order valence-corrected chi connectivity index (χ3v) is 7.09. The molecule has 262 valence electrons. The molecule has 2 aromatic carbocycles. The maximum absolute atomic E-state index is 12.7. The monoisotopic (exact) mass is 663 g/mol. The fraction of sp³-hybridized carbons (Fsp3) is 0.588. The highest BCUT2D eigenvalue weighted by Crippen LogP contribution is 2.44. The molecule has 13 heteroatoms. The summed E-state index contributed by atoms with van der Waals surface area (Å²) in [6, 6.07) is 15.9. The minimum absolute atomic E-state index is 0.0545. The van der Waals surface area contributed by atoms with E-state index in [0.717, 1.165) is 22.3 Å². The Labute approximate surface area is 276 Å². The normalized spacial score (nSPS) is 13.0. The molecule has 0 bridgehead atoms. The van der Waals surface area contributed by atoms with E-state index in [0.29, 0.717) is 92.4 Å². The zero-order chi connectivity index (χ0) is 33.4. The van der Waals surface area contributed by atoms with E-state index in [1.165, 1.54) is 0 Å². The molecule has 0 saturated carbocycles. The van der Waals surface area contributed by atoms with E-state index in [1.807, 2.05) is 48.5 Å². The zero-order valence-electron chi connectivity index (χ0n) is 27.0. The number of hydrogen-bond acceptors (Lipinski definition) is 12. The van der Waals surface area contributed by atoms with Gasteiger partial charge in [0.25, 0.3) is 0 Å². The first-order valence-electron chi connectivity index (χ1n) is 16.0. The fourth-order valence-corrected chi connectivity index (χ4v) is 4.77. The molecule has 3 rings (SSSR count). The molecular weight excluding hydrogens is 614 g/mol. The quantitative estimate of drug-likeness (QED) is 0.0740. The van der Waals surface area contributed by atoms with Gasteiger partial charge in [-0.3, -0.25) is 9.59 Å². The van der Waals surface area contributed by atoms with Crippen molar-refractivity contribution in [1.29, 1.82) is 0 Å². The van der Waals surface area contributed by atoms with Gasteiger partial charge >= 0.3 is 11.9 Å². The van der Waals surface area contributed by atoms with Gasteiger partial charge in [0.1, 0.15) is 6.61 Å². The summed E-state index contributed by atoms with van der Waals surface area (Å²) < 4.78 is 48.7. The van der Waals surface area contributed by atoms with Crippen molar-refractivity contribution in [2.45, 2.75) is 5.92 Å². The number of rotatable bonds is 29. The Bertz CT molecular complexity index is 1100. The first-order valence-corrected chi connectivity index (χ1v) is 16.0. The first kappa shape index (κ1) is 38.5. The van der Waals surface area contributed by atoms with Crippen LogP contribution in [0.4, 0.5) is 0 Å². The summed E-state index contributed by atoms with van der Waals surface area (Å²) in [5, 5.41) is 9.57. The largest absolute Gasteiger partial charge is 0.481 e. The van der Waals surface area contributed by atoms with E-state index in [9.17, 15) is 14.7 Å². The van der Waals surface area contributed by atoms with Crippen LogP contribution >= 0.6 is 0 Å². The Balaban J connectivity index is 1.11. The molecule has 0 radical (unpaired) electrons. The maximum Gasteiger partial charge on any atom is 0.322 e. The van der Waals surface area contributed by atoms with Crippen LogP contribution in [0.25, 0.3) is 11.1 Å². The number of esters is 1. The van der Waals surface area contributed by atoms with Gasteiger partial charge in [-0.15, -0.1) is 0 Å². The van der Waals surface area contributed by atoms with Gasteiger partial charge in [0.05, 0.1) is 106 Å². The molecule has 1 aliphatic rings.